The first-order valence-corrected chi connectivity index (χ1v) is 9.18. The monoisotopic (exact) mass is 418 g/mol. The van der Waals surface area contributed by atoms with Crippen LogP contribution in [0.3, 0.4) is 0 Å². The molecular formula is C19H25F3N2O5. The van der Waals surface area contributed by atoms with Crippen LogP contribution in [-0.4, -0.2) is 36.8 Å². The SMILES string of the molecule is COC(=O)c1cc([N+](=O)[O-])c(N[C@H]2C[C@@H](C)CC(C)(C)C2)cc1OCC(F)(F)F. The van der Waals surface area contributed by atoms with Gasteiger partial charge in [0.2, 0.25) is 0 Å². The number of alkyl halides is 3. The van der Waals surface area contributed by atoms with Crippen LogP contribution < -0.4 is 10.1 Å². The third-order valence-electron chi connectivity index (χ3n) is 4.84. The van der Waals surface area contributed by atoms with E-state index in [0.717, 1.165) is 38.5 Å². The van der Waals surface area contributed by atoms with Gasteiger partial charge in [-0.15, -0.1) is 0 Å². The molecule has 0 amide bonds. The van der Waals surface area contributed by atoms with Crippen molar-refractivity contribution in [3.05, 3.63) is 27.8 Å². The van der Waals surface area contributed by atoms with E-state index in [1.54, 1.807) is 0 Å². The van der Waals surface area contributed by atoms with E-state index in [9.17, 15) is 28.1 Å². The number of hydrogen-bond acceptors (Lipinski definition) is 6. The highest BCUT2D eigenvalue weighted by Crippen LogP contribution is 2.41. The summed E-state index contributed by atoms with van der Waals surface area (Å²) in [4.78, 5) is 22.8. The number of anilines is 1. The van der Waals surface area contributed by atoms with Crippen LogP contribution in [-0.2, 0) is 4.74 Å². The molecule has 0 heterocycles. The maximum absolute atomic E-state index is 12.6. The number of rotatable bonds is 6. The van der Waals surface area contributed by atoms with Crippen molar-refractivity contribution in [3.63, 3.8) is 0 Å². The van der Waals surface area contributed by atoms with E-state index in [-0.39, 0.29) is 17.1 Å². The van der Waals surface area contributed by atoms with Gasteiger partial charge >= 0.3 is 12.1 Å². The molecule has 2 rings (SSSR count). The molecule has 0 aliphatic heterocycles. The molecule has 10 heteroatoms. The number of halogens is 3. The second-order valence-electron chi connectivity index (χ2n) is 8.27. The van der Waals surface area contributed by atoms with Gasteiger partial charge in [0, 0.05) is 18.2 Å². The fraction of sp³-hybridized carbons (Fsp3) is 0.632. The van der Waals surface area contributed by atoms with Crippen LogP contribution in [0.5, 0.6) is 5.75 Å². The van der Waals surface area contributed by atoms with Gasteiger partial charge in [0.15, 0.2) is 6.61 Å². The molecule has 162 valence electrons. The van der Waals surface area contributed by atoms with Crippen LogP contribution in [0.25, 0.3) is 0 Å². The maximum Gasteiger partial charge on any atom is 0.422 e. The molecule has 0 bridgehead atoms. The number of ether oxygens (including phenoxy) is 2. The first kappa shape index (κ1) is 22.8. The van der Waals surface area contributed by atoms with E-state index in [4.69, 9.17) is 4.74 Å². The standard InChI is InChI=1S/C19H25F3N2O5/c1-11-5-12(9-18(2,3)8-11)23-14-7-16(29-10-19(20,21)22)13(17(25)28-4)6-15(14)24(26)27/h6-7,11-12,23H,5,8-10H2,1-4H3/t11-,12+/m1/s1. The largest absolute Gasteiger partial charge is 0.483 e. The van der Waals surface area contributed by atoms with Gasteiger partial charge in [-0.2, -0.15) is 13.2 Å². The maximum atomic E-state index is 12.6. The molecule has 1 N–H and O–H groups in total. The van der Waals surface area contributed by atoms with Crippen molar-refractivity contribution < 1.29 is 32.4 Å². The van der Waals surface area contributed by atoms with Crippen molar-refractivity contribution in [1.29, 1.82) is 0 Å². The van der Waals surface area contributed by atoms with Crippen molar-refractivity contribution >= 4 is 17.3 Å². The first-order chi connectivity index (χ1) is 13.3. The normalized spacial score (nSPS) is 21.3. The summed E-state index contributed by atoms with van der Waals surface area (Å²) in [5, 5.41) is 14.6. The van der Waals surface area contributed by atoms with Crippen molar-refractivity contribution in [2.75, 3.05) is 19.0 Å². The number of nitrogens with one attached hydrogen (secondary N) is 1. The van der Waals surface area contributed by atoms with E-state index < -0.39 is 40.7 Å². The molecule has 1 saturated carbocycles. The fourth-order valence-corrected chi connectivity index (χ4v) is 4.06. The zero-order chi connectivity index (χ0) is 22.0. The number of nitro groups is 1. The molecule has 0 spiro atoms. The molecule has 0 saturated heterocycles. The molecule has 1 aromatic carbocycles. The Morgan fingerprint density at radius 2 is 2.00 bits per heavy atom. The zero-order valence-electron chi connectivity index (χ0n) is 16.8. The quantitative estimate of drug-likeness (QED) is 0.399. The lowest BCUT2D eigenvalue weighted by molar-refractivity contribution is -0.384. The summed E-state index contributed by atoms with van der Waals surface area (Å²) in [5.41, 5.74) is -0.840. The van der Waals surface area contributed by atoms with Gasteiger partial charge in [-0.3, -0.25) is 10.1 Å². The Balaban J connectivity index is 2.43. The van der Waals surface area contributed by atoms with Crippen LogP contribution in [0.4, 0.5) is 24.5 Å². The Morgan fingerprint density at radius 1 is 1.34 bits per heavy atom. The number of esters is 1. The molecule has 29 heavy (non-hydrogen) atoms. The summed E-state index contributed by atoms with van der Waals surface area (Å²) in [6, 6.07) is 1.85. The van der Waals surface area contributed by atoms with Gasteiger partial charge in [0.25, 0.3) is 5.69 Å². The summed E-state index contributed by atoms with van der Waals surface area (Å²) in [5.74, 6) is -1.07. The van der Waals surface area contributed by atoms with Gasteiger partial charge in [-0.05, 0) is 30.6 Å². The van der Waals surface area contributed by atoms with Gasteiger partial charge in [-0.25, -0.2) is 4.79 Å². The minimum Gasteiger partial charge on any atom is -0.483 e. The van der Waals surface area contributed by atoms with E-state index in [1.165, 1.54) is 0 Å². The summed E-state index contributed by atoms with van der Waals surface area (Å²) in [6.07, 6.45) is -2.12. The van der Waals surface area contributed by atoms with Gasteiger partial charge in [-0.1, -0.05) is 20.8 Å². The first-order valence-electron chi connectivity index (χ1n) is 9.18. The lowest BCUT2D eigenvalue weighted by atomic mass is 9.70. The lowest BCUT2D eigenvalue weighted by Gasteiger charge is -2.39. The number of nitrogens with zero attached hydrogens (tertiary/aromatic N) is 1. The highest BCUT2D eigenvalue weighted by Gasteiger charge is 2.34. The Morgan fingerprint density at radius 3 is 2.52 bits per heavy atom. The summed E-state index contributed by atoms with van der Waals surface area (Å²) >= 11 is 0. The van der Waals surface area contributed by atoms with Crippen molar-refractivity contribution in [2.24, 2.45) is 11.3 Å². The van der Waals surface area contributed by atoms with Crippen LogP contribution in [0.2, 0.25) is 0 Å². The minimum atomic E-state index is -4.63. The third kappa shape index (κ3) is 6.23. The van der Waals surface area contributed by atoms with Crippen LogP contribution >= 0.6 is 0 Å². The molecule has 1 aliphatic rings. The molecule has 7 nitrogen and oxygen atoms in total. The molecule has 0 radical (unpaired) electrons. The van der Waals surface area contributed by atoms with E-state index in [2.05, 4.69) is 30.8 Å². The topological polar surface area (TPSA) is 90.7 Å². The smallest absolute Gasteiger partial charge is 0.422 e. The molecule has 0 unspecified atom stereocenters. The summed E-state index contributed by atoms with van der Waals surface area (Å²) in [6.45, 7) is 4.65. The molecular weight excluding hydrogens is 393 g/mol. The predicted molar refractivity (Wildman–Crippen MR) is 100 cm³/mol. The van der Waals surface area contributed by atoms with Crippen LogP contribution in [0.1, 0.15) is 50.4 Å². The molecule has 1 fully saturated rings. The van der Waals surface area contributed by atoms with Crippen LogP contribution in [0, 0.1) is 21.4 Å². The van der Waals surface area contributed by atoms with E-state index in [1.807, 2.05) is 0 Å². The number of carbonyl (C=O) groups excluding carboxylic acids is 1. The van der Waals surface area contributed by atoms with Gasteiger partial charge < -0.3 is 14.8 Å². The number of benzene rings is 1. The summed E-state index contributed by atoms with van der Waals surface area (Å²) in [7, 11) is 1.03. The molecule has 1 aliphatic carbocycles. The summed E-state index contributed by atoms with van der Waals surface area (Å²) < 4.78 is 47.1. The Kier molecular flexibility index (Phi) is 6.64. The molecule has 0 aromatic heterocycles. The number of nitro benzene ring substituents is 1. The lowest BCUT2D eigenvalue weighted by Crippen LogP contribution is -2.35. The highest BCUT2D eigenvalue weighted by molar-refractivity contribution is 5.94. The number of hydrogen-bond donors (Lipinski definition) is 1. The average molecular weight is 418 g/mol. The van der Waals surface area contributed by atoms with E-state index >= 15 is 0 Å². The predicted octanol–water partition coefficient (Wildman–Crippen LogP) is 4.95. The molecule has 2 atom stereocenters. The fourth-order valence-electron chi connectivity index (χ4n) is 4.06. The van der Waals surface area contributed by atoms with Crippen molar-refractivity contribution in [3.8, 4) is 5.75 Å². The Hall–Kier alpha value is -2.52. The van der Waals surface area contributed by atoms with E-state index in [0.29, 0.717) is 5.92 Å². The molecule has 1 aromatic rings. The second kappa shape index (κ2) is 8.46. The highest BCUT2D eigenvalue weighted by atomic mass is 19.4. The van der Waals surface area contributed by atoms with Gasteiger partial charge in [0.05, 0.1) is 12.0 Å². The zero-order valence-corrected chi connectivity index (χ0v) is 16.8. The third-order valence-corrected chi connectivity index (χ3v) is 4.84. The minimum absolute atomic E-state index is 0.00901. The number of carbonyl (C=O) groups is 1. The Labute approximate surface area is 166 Å². The van der Waals surface area contributed by atoms with Crippen molar-refractivity contribution in [2.45, 2.75) is 52.3 Å². The number of methoxy groups -OCH3 is 1. The van der Waals surface area contributed by atoms with Crippen molar-refractivity contribution in [1.82, 2.24) is 0 Å². The van der Waals surface area contributed by atoms with Gasteiger partial charge in [0.1, 0.15) is 17.0 Å². The Bertz CT molecular complexity index is 780. The second-order valence-corrected chi connectivity index (χ2v) is 8.27. The average Bonchev–Trinajstić information content (AvgIpc) is 2.56. The van der Waals surface area contributed by atoms with Crippen LogP contribution in [0.15, 0.2) is 12.1 Å².